The van der Waals surface area contributed by atoms with Crippen LogP contribution in [0, 0.1) is 10.1 Å². The zero-order valence-electron chi connectivity index (χ0n) is 8.00. The zero-order chi connectivity index (χ0) is 11.5. The SMILES string of the molecule is O=[N+]([O-])c1ccc(-c2cccnc2)nc1Cl. The molecule has 0 aromatic carbocycles. The predicted octanol–water partition coefficient (Wildman–Crippen LogP) is 2.71. The maximum absolute atomic E-state index is 10.5. The summed E-state index contributed by atoms with van der Waals surface area (Å²) in [4.78, 5) is 17.9. The van der Waals surface area contributed by atoms with Gasteiger partial charge >= 0.3 is 5.69 Å². The van der Waals surface area contributed by atoms with Crippen LogP contribution in [0.15, 0.2) is 36.7 Å². The molecule has 0 saturated carbocycles. The molecular weight excluding hydrogens is 230 g/mol. The van der Waals surface area contributed by atoms with E-state index in [9.17, 15) is 10.1 Å². The molecule has 0 unspecified atom stereocenters. The number of aromatic nitrogens is 2. The highest BCUT2D eigenvalue weighted by Gasteiger charge is 2.14. The third kappa shape index (κ3) is 1.99. The minimum Gasteiger partial charge on any atom is -0.264 e. The van der Waals surface area contributed by atoms with Crippen molar-refractivity contribution < 1.29 is 4.92 Å². The van der Waals surface area contributed by atoms with Crippen molar-refractivity contribution in [3.05, 3.63) is 51.9 Å². The lowest BCUT2D eigenvalue weighted by molar-refractivity contribution is -0.385. The van der Waals surface area contributed by atoms with Crippen molar-refractivity contribution in [1.82, 2.24) is 9.97 Å². The highest BCUT2D eigenvalue weighted by molar-refractivity contribution is 6.31. The molecule has 0 fully saturated rings. The standard InChI is InChI=1S/C10H6ClN3O2/c11-10-9(14(15)16)4-3-8(13-10)7-2-1-5-12-6-7/h1-6H. The molecule has 2 heterocycles. The van der Waals surface area contributed by atoms with Crippen LogP contribution in [0.1, 0.15) is 0 Å². The Bertz CT molecular complexity index is 531. The first-order valence-corrected chi connectivity index (χ1v) is 4.77. The fourth-order valence-corrected chi connectivity index (χ4v) is 1.46. The molecule has 0 atom stereocenters. The van der Waals surface area contributed by atoms with E-state index in [0.717, 1.165) is 5.56 Å². The van der Waals surface area contributed by atoms with Gasteiger partial charge in [-0.3, -0.25) is 15.1 Å². The van der Waals surface area contributed by atoms with E-state index in [1.165, 1.54) is 6.07 Å². The first-order chi connectivity index (χ1) is 7.68. The van der Waals surface area contributed by atoms with Crippen molar-refractivity contribution in [3.63, 3.8) is 0 Å². The van der Waals surface area contributed by atoms with E-state index in [2.05, 4.69) is 9.97 Å². The van der Waals surface area contributed by atoms with Crippen LogP contribution in [-0.2, 0) is 0 Å². The van der Waals surface area contributed by atoms with Gasteiger partial charge in [0.25, 0.3) is 0 Å². The van der Waals surface area contributed by atoms with Crippen molar-refractivity contribution >= 4 is 17.3 Å². The fraction of sp³-hybridized carbons (Fsp3) is 0. The summed E-state index contributed by atoms with van der Waals surface area (Å²) in [5.74, 6) is 0. The highest BCUT2D eigenvalue weighted by atomic mass is 35.5. The number of hydrogen-bond donors (Lipinski definition) is 0. The Hall–Kier alpha value is -2.01. The summed E-state index contributed by atoms with van der Waals surface area (Å²) in [6.45, 7) is 0. The van der Waals surface area contributed by atoms with Gasteiger partial charge in [-0.1, -0.05) is 11.6 Å². The van der Waals surface area contributed by atoms with Crippen LogP contribution in [-0.4, -0.2) is 14.9 Å². The largest absolute Gasteiger partial charge is 0.306 e. The second-order valence-electron chi connectivity index (χ2n) is 3.01. The minimum absolute atomic E-state index is 0.119. The summed E-state index contributed by atoms with van der Waals surface area (Å²) < 4.78 is 0. The highest BCUT2D eigenvalue weighted by Crippen LogP contribution is 2.25. The molecule has 6 heteroatoms. The Morgan fingerprint density at radius 1 is 1.31 bits per heavy atom. The van der Waals surface area contributed by atoms with Gasteiger partial charge in [-0.15, -0.1) is 0 Å². The Labute approximate surface area is 95.9 Å². The predicted molar refractivity (Wildman–Crippen MR) is 59.1 cm³/mol. The number of nitrogens with zero attached hydrogens (tertiary/aromatic N) is 3. The number of hydrogen-bond acceptors (Lipinski definition) is 4. The minimum atomic E-state index is -0.567. The summed E-state index contributed by atoms with van der Waals surface area (Å²) in [5, 5.41) is 10.4. The second kappa shape index (κ2) is 4.24. The number of halogens is 1. The van der Waals surface area contributed by atoms with Gasteiger partial charge in [-0.25, -0.2) is 4.98 Å². The van der Waals surface area contributed by atoms with Gasteiger partial charge < -0.3 is 0 Å². The number of nitro groups is 1. The van der Waals surface area contributed by atoms with Gasteiger partial charge in [0.2, 0.25) is 5.15 Å². The lowest BCUT2D eigenvalue weighted by Crippen LogP contribution is -1.92. The Balaban J connectivity index is 2.46. The van der Waals surface area contributed by atoms with Gasteiger partial charge in [-0.2, -0.15) is 0 Å². The van der Waals surface area contributed by atoms with E-state index in [4.69, 9.17) is 11.6 Å². The molecular formula is C10H6ClN3O2. The summed E-state index contributed by atoms with van der Waals surface area (Å²) in [5.41, 5.74) is 1.12. The van der Waals surface area contributed by atoms with Crippen LogP contribution in [0.3, 0.4) is 0 Å². The first-order valence-electron chi connectivity index (χ1n) is 4.40. The molecule has 2 aromatic heterocycles. The quantitative estimate of drug-likeness (QED) is 0.456. The van der Waals surface area contributed by atoms with Crippen LogP contribution in [0.4, 0.5) is 5.69 Å². The normalized spacial score (nSPS) is 10.1. The van der Waals surface area contributed by atoms with Gasteiger partial charge in [0, 0.05) is 24.0 Å². The van der Waals surface area contributed by atoms with E-state index in [-0.39, 0.29) is 10.8 Å². The summed E-state index contributed by atoms with van der Waals surface area (Å²) >= 11 is 5.70. The molecule has 5 nitrogen and oxygen atoms in total. The molecule has 2 rings (SSSR count). The summed E-state index contributed by atoms with van der Waals surface area (Å²) in [6, 6.07) is 6.43. The smallest absolute Gasteiger partial charge is 0.264 e. The van der Waals surface area contributed by atoms with Crippen molar-refractivity contribution in [2.75, 3.05) is 0 Å². The van der Waals surface area contributed by atoms with Gasteiger partial charge in [-0.05, 0) is 18.2 Å². The van der Waals surface area contributed by atoms with E-state index in [1.54, 1.807) is 30.6 Å². The Morgan fingerprint density at radius 2 is 2.12 bits per heavy atom. The van der Waals surface area contributed by atoms with E-state index < -0.39 is 4.92 Å². The average Bonchev–Trinajstić information content (AvgIpc) is 2.29. The molecule has 0 aliphatic heterocycles. The third-order valence-corrected chi connectivity index (χ3v) is 2.26. The van der Waals surface area contributed by atoms with Gasteiger partial charge in [0.15, 0.2) is 0 Å². The molecule has 80 valence electrons. The molecule has 0 aliphatic rings. The monoisotopic (exact) mass is 235 g/mol. The maximum Gasteiger partial charge on any atom is 0.306 e. The molecule has 2 aromatic rings. The molecule has 0 radical (unpaired) electrons. The maximum atomic E-state index is 10.5. The van der Waals surface area contributed by atoms with Gasteiger partial charge in [0.05, 0.1) is 10.6 Å². The average molecular weight is 236 g/mol. The molecule has 0 aliphatic carbocycles. The van der Waals surface area contributed by atoms with E-state index in [0.29, 0.717) is 5.69 Å². The molecule has 0 saturated heterocycles. The number of pyridine rings is 2. The van der Waals surface area contributed by atoms with Crippen LogP contribution < -0.4 is 0 Å². The van der Waals surface area contributed by atoms with Gasteiger partial charge in [0.1, 0.15) is 0 Å². The van der Waals surface area contributed by atoms with E-state index in [1.807, 2.05) is 0 Å². The van der Waals surface area contributed by atoms with Crippen molar-refractivity contribution in [3.8, 4) is 11.3 Å². The Morgan fingerprint density at radius 3 is 2.69 bits per heavy atom. The summed E-state index contributed by atoms with van der Waals surface area (Å²) in [7, 11) is 0. The van der Waals surface area contributed by atoms with Crippen molar-refractivity contribution in [2.24, 2.45) is 0 Å². The third-order valence-electron chi connectivity index (χ3n) is 1.98. The first kappa shape index (κ1) is 10.5. The summed E-state index contributed by atoms with van der Waals surface area (Å²) in [6.07, 6.45) is 3.25. The van der Waals surface area contributed by atoms with Crippen molar-refractivity contribution in [2.45, 2.75) is 0 Å². The second-order valence-corrected chi connectivity index (χ2v) is 3.36. The zero-order valence-corrected chi connectivity index (χ0v) is 8.76. The van der Waals surface area contributed by atoms with Crippen LogP contribution in [0.2, 0.25) is 5.15 Å². The molecule has 0 amide bonds. The van der Waals surface area contributed by atoms with Crippen LogP contribution in [0.25, 0.3) is 11.3 Å². The van der Waals surface area contributed by atoms with Crippen molar-refractivity contribution in [1.29, 1.82) is 0 Å². The molecule has 0 bridgehead atoms. The Kier molecular flexibility index (Phi) is 2.78. The topological polar surface area (TPSA) is 68.9 Å². The van der Waals surface area contributed by atoms with Crippen LogP contribution >= 0.6 is 11.6 Å². The number of rotatable bonds is 2. The molecule has 0 N–H and O–H groups in total. The fourth-order valence-electron chi connectivity index (χ4n) is 1.24. The van der Waals surface area contributed by atoms with Crippen LogP contribution in [0.5, 0.6) is 0 Å². The molecule has 0 spiro atoms. The lowest BCUT2D eigenvalue weighted by atomic mass is 10.2. The van der Waals surface area contributed by atoms with E-state index >= 15 is 0 Å². The lowest BCUT2D eigenvalue weighted by Gasteiger charge is -2.00. The molecule has 16 heavy (non-hydrogen) atoms.